The van der Waals surface area contributed by atoms with Crippen LogP contribution in [0.2, 0.25) is 15.2 Å². The van der Waals surface area contributed by atoms with E-state index >= 15 is 0 Å². The Morgan fingerprint density at radius 1 is 1.06 bits per heavy atom. The Labute approximate surface area is 113 Å². The Hall–Kier alpha value is -1.27. The lowest BCUT2D eigenvalue weighted by atomic mass is 10.0. The topological polar surface area (TPSA) is 36.7 Å². The van der Waals surface area contributed by atoms with Gasteiger partial charge in [0.2, 0.25) is 0 Å². The molecule has 0 unspecified atom stereocenters. The van der Waals surface area contributed by atoms with Gasteiger partial charge in [-0.3, -0.25) is 0 Å². The molecule has 5 heteroatoms. The van der Waals surface area contributed by atoms with E-state index in [0.29, 0.717) is 21.2 Å². The maximum atomic E-state index is 9.10. The number of benzene rings is 1. The maximum absolute atomic E-state index is 9.10. The van der Waals surface area contributed by atoms with E-state index in [4.69, 9.17) is 40.1 Å². The molecule has 0 fully saturated rings. The first-order valence-corrected chi connectivity index (χ1v) is 5.77. The molecule has 0 N–H and O–H groups in total. The van der Waals surface area contributed by atoms with E-state index in [-0.39, 0.29) is 10.7 Å². The highest BCUT2D eigenvalue weighted by atomic mass is 35.5. The molecular weight excluding hydrogens is 279 g/mol. The van der Waals surface area contributed by atoms with Crippen LogP contribution in [0, 0.1) is 11.3 Å². The van der Waals surface area contributed by atoms with Crippen LogP contribution in [0.5, 0.6) is 0 Å². The van der Waals surface area contributed by atoms with Crippen molar-refractivity contribution < 1.29 is 0 Å². The summed E-state index contributed by atoms with van der Waals surface area (Å²) in [6.45, 7) is 0. The predicted octanol–water partition coefficient (Wildman–Crippen LogP) is 4.58. The number of halogens is 3. The molecule has 1 heterocycles. The minimum absolute atomic E-state index is 0.117. The quantitative estimate of drug-likeness (QED) is 0.718. The third-order valence-electron chi connectivity index (χ3n) is 2.24. The number of hydrogen-bond acceptors (Lipinski definition) is 2. The lowest BCUT2D eigenvalue weighted by Gasteiger charge is -2.09. The average molecular weight is 284 g/mol. The van der Waals surface area contributed by atoms with Crippen LogP contribution in [-0.2, 0) is 0 Å². The SMILES string of the molecule is N#Cc1c(Cl)ncc(Cl)c1-c1ccccc1Cl. The standard InChI is InChI=1S/C12H5Cl3N2/c13-9-4-2-1-3-7(9)11-8(5-16)12(15)17-6-10(11)14/h1-4,6H. The van der Waals surface area contributed by atoms with Crippen molar-refractivity contribution in [2.45, 2.75) is 0 Å². The van der Waals surface area contributed by atoms with Crippen LogP contribution >= 0.6 is 34.8 Å². The van der Waals surface area contributed by atoms with Gasteiger partial charge in [0.25, 0.3) is 0 Å². The number of pyridine rings is 1. The second-order valence-electron chi connectivity index (χ2n) is 3.24. The van der Waals surface area contributed by atoms with Crippen molar-refractivity contribution >= 4 is 34.8 Å². The van der Waals surface area contributed by atoms with Crippen LogP contribution in [0.3, 0.4) is 0 Å². The first-order chi connectivity index (χ1) is 8.15. The molecule has 0 aliphatic heterocycles. The molecular formula is C12H5Cl3N2. The third-order valence-corrected chi connectivity index (χ3v) is 3.14. The highest BCUT2D eigenvalue weighted by molar-refractivity contribution is 6.38. The van der Waals surface area contributed by atoms with Gasteiger partial charge in [0, 0.05) is 22.3 Å². The van der Waals surface area contributed by atoms with Gasteiger partial charge < -0.3 is 0 Å². The molecule has 0 saturated heterocycles. The van der Waals surface area contributed by atoms with Crippen molar-refractivity contribution in [3.05, 3.63) is 51.2 Å². The third kappa shape index (κ3) is 2.23. The number of nitriles is 1. The van der Waals surface area contributed by atoms with E-state index in [9.17, 15) is 0 Å². The van der Waals surface area contributed by atoms with Gasteiger partial charge in [-0.15, -0.1) is 0 Å². The summed E-state index contributed by atoms with van der Waals surface area (Å²) in [7, 11) is 0. The zero-order valence-corrected chi connectivity index (χ0v) is 10.7. The Morgan fingerprint density at radius 2 is 1.76 bits per heavy atom. The largest absolute Gasteiger partial charge is 0.242 e. The van der Waals surface area contributed by atoms with Crippen molar-refractivity contribution in [3.63, 3.8) is 0 Å². The molecule has 17 heavy (non-hydrogen) atoms. The van der Waals surface area contributed by atoms with Crippen molar-refractivity contribution in [2.75, 3.05) is 0 Å². The summed E-state index contributed by atoms with van der Waals surface area (Å²) < 4.78 is 0. The number of aromatic nitrogens is 1. The summed E-state index contributed by atoms with van der Waals surface area (Å²) in [5.74, 6) is 0. The lowest BCUT2D eigenvalue weighted by Crippen LogP contribution is -1.91. The Balaban J connectivity index is 2.81. The monoisotopic (exact) mass is 282 g/mol. The van der Waals surface area contributed by atoms with E-state index in [1.165, 1.54) is 6.20 Å². The van der Waals surface area contributed by atoms with E-state index < -0.39 is 0 Å². The molecule has 0 radical (unpaired) electrons. The number of hydrogen-bond donors (Lipinski definition) is 0. The average Bonchev–Trinajstić information content (AvgIpc) is 2.33. The van der Waals surface area contributed by atoms with Crippen molar-refractivity contribution in [2.24, 2.45) is 0 Å². The Bertz CT molecular complexity index is 618. The molecule has 0 aliphatic carbocycles. The summed E-state index contributed by atoms with van der Waals surface area (Å²) in [5.41, 5.74) is 1.41. The van der Waals surface area contributed by atoms with Gasteiger partial charge in [-0.1, -0.05) is 53.0 Å². The minimum atomic E-state index is 0.117. The smallest absolute Gasteiger partial charge is 0.147 e. The summed E-state index contributed by atoms with van der Waals surface area (Å²) >= 11 is 18.0. The number of nitrogens with zero attached hydrogens (tertiary/aromatic N) is 2. The second-order valence-corrected chi connectivity index (χ2v) is 4.41. The predicted molar refractivity (Wildman–Crippen MR) is 69.4 cm³/mol. The lowest BCUT2D eigenvalue weighted by molar-refractivity contribution is 1.30. The minimum Gasteiger partial charge on any atom is -0.242 e. The van der Waals surface area contributed by atoms with Gasteiger partial charge in [-0.05, 0) is 6.07 Å². The molecule has 2 aromatic rings. The molecule has 1 aromatic heterocycles. The first-order valence-electron chi connectivity index (χ1n) is 4.64. The molecule has 0 saturated carbocycles. The Morgan fingerprint density at radius 3 is 2.41 bits per heavy atom. The Kier molecular flexibility index (Phi) is 3.54. The van der Waals surface area contributed by atoms with E-state index in [0.717, 1.165) is 0 Å². The van der Waals surface area contributed by atoms with Crippen LogP contribution < -0.4 is 0 Å². The molecule has 84 valence electrons. The van der Waals surface area contributed by atoms with E-state index in [2.05, 4.69) is 4.98 Å². The molecule has 2 rings (SSSR count). The van der Waals surface area contributed by atoms with Crippen LogP contribution in [0.1, 0.15) is 5.56 Å². The summed E-state index contributed by atoms with van der Waals surface area (Å²) in [6, 6.07) is 9.11. The van der Waals surface area contributed by atoms with Crippen molar-refractivity contribution in [1.29, 1.82) is 5.26 Å². The summed E-state index contributed by atoms with van der Waals surface area (Å²) in [5, 5.41) is 10.1. The highest BCUT2D eigenvalue weighted by Crippen LogP contribution is 2.37. The molecule has 0 amide bonds. The summed E-state index contributed by atoms with van der Waals surface area (Å²) in [6.07, 6.45) is 1.41. The van der Waals surface area contributed by atoms with Crippen molar-refractivity contribution in [1.82, 2.24) is 4.98 Å². The highest BCUT2D eigenvalue weighted by Gasteiger charge is 2.16. The van der Waals surface area contributed by atoms with Crippen LogP contribution in [0.4, 0.5) is 0 Å². The van der Waals surface area contributed by atoms with Crippen LogP contribution in [0.25, 0.3) is 11.1 Å². The van der Waals surface area contributed by atoms with E-state index in [1.807, 2.05) is 12.1 Å². The molecule has 0 aliphatic rings. The fourth-order valence-corrected chi connectivity index (χ4v) is 2.16. The van der Waals surface area contributed by atoms with Crippen LogP contribution in [0.15, 0.2) is 30.5 Å². The summed E-state index contributed by atoms with van der Waals surface area (Å²) in [4.78, 5) is 3.83. The molecule has 0 bridgehead atoms. The van der Waals surface area contributed by atoms with Gasteiger partial charge in [0.15, 0.2) is 0 Å². The molecule has 0 atom stereocenters. The zero-order valence-electron chi connectivity index (χ0n) is 8.42. The fourth-order valence-electron chi connectivity index (χ4n) is 1.49. The van der Waals surface area contributed by atoms with Gasteiger partial charge >= 0.3 is 0 Å². The molecule has 0 spiro atoms. The van der Waals surface area contributed by atoms with Gasteiger partial charge in [-0.2, -0.15) is 5.26 Å². The maximum Gasteiger partial charge on any atom is 0.147 e. The zero-order chi connectivity index (χ0) is 12.4. The fraction of sp³-hybridized carbons (Fsp3) is 0. The molecule has 1 aromatic carbocycles. The van der Waals surface area contributed by atoms with Gasteiger partial charge in [0.05, 0.1) is 10.6 Å². The second kappa shape index (κ2) is 4.93. The van der Waals surface area contributed by atoms with E-state index in [1.54, 1.807) is 18.2 Å². The van der Waals surface area contributed by atoms with Gasteiger partial charge in [-0.25, -0.2) is 4.98 Å². The van der Waals surface area contributed by atoms with Crippen molar-refractivity contribution in [3.8, 4) is 17.2 Å². The molecule has 2 nitrogen and oxygen atoms in total. The van der Waals surface area contributed by atoms with Gasteiger partial charge in [0.1, 0.15) is 11.2 Å². The van der Waals surface area contributed by atoms with Crippen LogP contribution in [-0.4, -0.2) is 4.98 Å². The number of rotatable bonds is 1. The normalized spacial score (nSPS) is 10.0. The first kappa shape index (κ1) is 12.2.